The lowest BCUT2D eigenvalue weighted by molar-refractivity contribution is -0.131. The van der Waals surface area contributed by atoms with Crippen LogP contribution in [0.4, 0.5) is 11.4 Å². The number of phenolic OH excluding ortho intramolecular Hbond substituents is 1. The van der Waals surface area contributed by atoms with Crippen LogP contribution in [0.25, 0.3) is 10.8 Å². The van der Waals surface area contributed by atoms with Crippen molar-refractivity contribution in [2.45, 2.75) is 25.7 Å². The summed E-state index contributed by atoms with van der Waals surface area (Å²) in [4.78, 5) is 59.7. The first-order valence-electron chi connectivity index (χ1n) is 15.2. The van der Waals surface area contributed by atoms with Gasteiger partial charge in [0.2, 0.25) is 23.6 Å². The lowest BCUT2D eigenvalue weighted by Gasteiger charge is -2.49. The van der Waals surface area contributed by atoms with Crippen LogP contribution < -0.4 is 9.80 Å². The summed E-state index contributed by atoms with van der Waals surface area (Å²) < 4.78 is 0.994. The van der Waals surface area contributed by atoms with Crippen LogP contribution >= 0.6 is 22.6 Å². The Bertz CT molecular complexity index is 1970. The summed E-state index contributed by atoms with van der Waals surface area (Å²) in [5, 5.41) is 13.2. The molecule has 224 valence electrons. The van der Waals surface area contributed by atoms with E-state index in [1.165, 1.54) is 9.80 Å². The molecule has 3 fully saturated rings. The summed E-state index contributed by atoms with van der Waals surface area (Å²) in [6.07, 6.45) is 2.62. The molecule has 2 saturated heterocycles. The number of phenols is 1. The number of carbonyl (C=O) groups excluding carboxylic acids is 4. The highest BCUT2D eigenvalue weighted by atomic mass is 127. The number of rotatable bonds is 3. The number of halogens is 1. The van der Waals surface area contributed by atoms with Gasteiger partial charge in [0.25, 0.3) is 0 Å². The first kappa shape index (κ1) is 28.2. The molecule has 0 unspecified atom stereocenters. The predicted octanol–water partition coefficient (Wildman–Crippen LogP) is 6.59. The van der Waals surface area contributed by atoms with E-state index in [2.05, 4.69) is 22.6 Å². The molecule has 1 N–H and O–H groups in total. The molecule has 0 radical (unpaired) electrons. The molecule has 2 aliphatic carbocycles. The first-order chi connectivity index (χ1) is 21.7. The number of para-hydroxylation sites is 1. The van der Waals surface area contributed by atoms with Crippen molar-refractivity contribution in [1.82, 2.24) is 0 Å². The molecule has 7 nitrogen and oxygen atoms in total. The molecule has 0 bridgehead atoms. The maximum absolute atomic E-state index is 14.7. The van der Waals surface area contributed by atoms with E-state index in [9.17, 15) is 24.3 Å². The summed E-state index contributed by atoms with van der Waals surface area (Å²) in [6, 6.07) is 27.4. The molecule has 4 amide bonds. The van der Waals surface area contributed by atoms with Crippen molar-refractivity contribution in [3.63, 3.8) is 0 Å². The van der Waals surface area contributed by atoms with Crippen LogP contribution in [0.3, 0.4) is 0 Å². The third kappa shape index (κ3) is 3.87. The number of aromatic hydroxyl groups is 1. The molecule has 8 heteroatoms. The van der Waals surface area contributed by atoms with E-state index < -0.39 is 35.0 Å². The third-order valence-electron chi connectivity index (χ3n) is 10.6. The second-order valence-electron chi connectivity index (χ2n) is 12.7. The molecule has 4 aromatic rings. The number of amides is 4. The highest BCUT2D eigenvalue weighted by molar-refractivity contribution is 14.1. The Morgan fingerprint density at radius 3 is 2.20 bits per heavy atom. The molecule has 1 saturated carbocycles. The molecule has 8 rings (SSSR count). The average molecular weight is 709 g/mol. The quantitative estimate of drug-likeness (QED) is 0.147. The van der Waals surface area contributed by atoms with Crippen LogP contribution in [-0.4, -0.2) is 28.7 Å². The Morgan fingerprint density at radius 2 is 1.44 bits per heavy atom. The molecule has 2 aliphatic heterocycles. The van der Waals surface area contributed by atoms with Crippen LogP contribution in [-0.2, 0) is 19.2 Å². The van der Waals surface area contributed by atoms with Gasteiger partial charge in [-0.3, -0.25) is 24.1 Å². The summed E-state index contributed by atoms with van der Waals surface area (Å²) >= 11 is 2.19. The van der Waals surface area contributed by atoms with Gasteiger partial charge in [0.05, 0.1) is 34.5 Å². The van der Waals surface area contributed by atoms with Gasteiger partial charge in [-0.1, -0.05) is 60.2 Å². The van der Waals surface area contributed by atoms with Gasteiger partial charge in [-0.25, -0.2) is 4.90 Å². The fourth-order valence-corrected chi connectivity index (χ4v) is 8.94. The lowest BCUT2D eigenvalue weighted by atomic mass is 9.51. The number of fused-ring (bicyclic) bond motifs is 5. The first-order valence-corrected chi connectivity index (χ1v) is 16.3. The van der Waals surface area contributed by atoms with Crippen LogP contribution in [0.15, 0.2) is 103 Å². The van der Waals surface area contributed by atoms with Crippen molar-refractivity contribution in [3.8, 4) is 5.75 Å². The van der Waals surface area contributed by atoms with Crippen molar-refractivity contribution >= 4 is 68.4 Å². The Labute approximate surface area is 273 Å². The largest absolute Gasteiger partial charge is 0.508 e. The fourth-order valence-electron chi connectivity index (χ4n) is 8.58. The third-order valence-corrected chi connectivity index (χ3v) is 11.3. The normalized spacial score (nSPS) is 29.1. The minimum absolute atomic E-state index is 0.0371. The molecule has 6 atom stereocenters. The second kappa shape index (κ2) is 10.1. The van der Waals surface area contributed by atoms with Crippen molar-refractivity contribution in [1.29, 1.82) is 0 Å². The van der Waals surface area contributed by atoms with E-state index in [0.717, 1.165) is 19.9 Å². The molecule has 0 spiro atoms. The van der Waals surface area contributed by atoms with E-state index >= 15 is 0 Å². The van der Waals surface area contributed by atoms with Crippen LogP contribution in [0.1, 0.15) is 31.2 Å². The van der Waals surface area contributed by atoms with Gasteiger partial charge >= 0.3 is 0 Å². The number of hydrogen-bond donors (Lipinski definition) is 1. The monoisotopic (exact) mass is 708 g/mol. The second-order valence-corrected chi connectivity index (χ2v) is 14.0. The van der Waals surface area contributed by atoms with Gasteiger partial charge in [0.1, 0.15) is 5.75 Å². The number of anilines is 2. The molecule has 0 aromatic heterocycles. The molecular formula is C37H29IN2O5. The van der Waals surface area contributed by atoms with Crippen LogP contribution in [0, 0.1) is 32.7 Å². The van der Waals surface area contributed by atoms with Crippen molar-refractivity contribution in [3.05, 3.63) is 112 Å². The highest BCUT2D eigenvalue weighted by Crippen LogP contribution is 2.65. The highest BCUT2D eigenvalue weighted by Gasteiger charge is 2.68. The van der Waals surface area contributed by atoms with Crippen molar-refractivity contribution in [2.75, 3.05) is 9.80 Å². The van der Waals surface area contributed by atoms with E-state index in [1.807, 2.05) is 61.5 Å². The van der Waals surface area contributed by atoms with Crippen molar-refractivity contribution < 1.29 is 24.3 Å². The minimum Gasteiger partial charge on any atom is -0.508 e. The van der Waals surface area contributed by atoms with Gasteiger partial charge in [0, 0.05) is 15.1 Å². The molecule has 2 heterocycles. The standard InChI is InChI=1S/C37H29IN2O5/c1-37-28(34(43)40(36(37)45)22-8-3-2-4-9-22)19-27-25(32(37)31-24-10-6-5-7-20(24)11-18-29(31)41)16-17-26-30(27)35(44)39(33(26)42)23-14-12-21(38)13-15-23/h2-16,18,26-28,30,32,41H,17,19H2,1H3/t26-,27+,28-,30-,32+,37+/m0/s1. The smallest absolute Gasteiger partial charge is 0.241 e. The topological polar surface area (TPSA) is 95.0 Å². The fraction of sp³-hybridized carbons (Fsp3) is 0.243. The van der Waals surface area contributed by atoms with Crippen molar-refractivity contribution in [2.24, 2.45) is 29.1 Å². The van der Waals surface area contributed by atoms with E-state index in [-0.39, 0.29) is 35.8 Å². The minimum atomic E-state index is -1.23. The number of nitrogens with zero attached hydrogens (tertiary/aromatic N) is 2. The molecular weight excluding hydrogens is 679 g/mol. The molecule has 4 aromatic carbocycles. The Hall–Kier alpha value is -4.31. The number of hydrogen-bond acceptors (Lipinski definition) is 5. The van der Waals surface area contributed by atoms with Gasteiger partial charge in [-0.05, 0) is 102 Å². The maximum Gasteiger partial charge on any atom is 0.241 e. The zero-order valence-electron chi connectivity index (χ0n) is 24.4. The Kier molecular flexibility index (Phi) is 6.33. The van der Waals surface area contributed by atoms with E-state index in [0.29, 0.717) is 23.4 Å². The molecule has 45 heavy (non-hydrogen) atoms. The van der Waals surface area contributed by atoms with Gasteiger partial charge in [0.15, 0.2) is 0 Å². The summed E-state index contributed by atoms with van der Waals surface area (Å²) in [5.74, 6) is -4.25. The van der Waals surface area contributed by atoms with Gasteiger partial charge in [-0.2, -0.15) is 0 Å². The van der Waals surface area contributed by atoms with Gasteiger partial charge in [-0.15, -0.1) is 0 Å². The summed E-state index contributed by atoms with van der Waals surface area (Å²) in [7, 11) is 0. The van der Waals surface area contributed by atoms with E-state index in [1.54, 1.807) is 42.5 Å². The number of allylic oxidation sites excluding steroid dienone is 2. The molecule has 4 aliphatic rings. The maximum atomic E-state index is 14.7. The average Bonchev–Trinajstić information content (AvgIpc) is 3.42. The SMILES string of the molecule is C[C@@]12C(=O)N(c3ccccc3)C(=O)[C@@H]1C[C@@H]1C(=CC[C@@H]3C(=O)N(c4ccc(I)cc4)C(=O)[C@@H]31)[C@@H]2c1c(O)ccc2ccccc12. The number of benzene rings is 4. The summed E-state index contributed by atoms with van der Waals surface area (Å²) in [6.45, 7) is 1.84. The Morgan fingerprint density at radius 1 is 0.756 bits per heavy atom. The van der Waals surface area contributed by atoms with Crippen LogP contribution in [0.5, 0.6) is 5.75 Å². The zero-order valence-corrected chi connectivity index (χ0v) is 26.5. The zero-order chi connectivity index (χ0) is 31.2. The predicted molar refractivity (Wildman–Crippen MR) is 178 cm³/mol. The van der Waals surface area contributed by atoms with Gasteiger partial charge < -0.3 is 5.11 Å². The van der Waals surface area contributed by atoms with Crippen LogP contribution in [0.2, 0.25) is 0 Å². The number of carbonyl (C=O) groups is 4. The number of imide groups is 2. The Balaban J connectivity index is 1.32. The lowest BCUT2D eigenvalue weighted by Crippen LogP contribution is -2.49. The van der Waals surface area contributed by atoms with E-state index in [4.69, 9.17) is 0 Å². The summed E-state index contributed by atoms with van der Waals surface area (Å²) in [5.41, 5.74) is 1.23.